The minimum Gasteiger partial charge on any atom is -0.482 e. The third kappa shape index (κ3) is 6.99. The molecule has 0 fully saturated rings. The maximum absolute atomic E-state index is 11.8. The monoisotopic (exact) mass is 406 g/mol. The number of esters is 2. The van der Waals surface area contributed by atoms with Gasteiger partial charge in [0.2, 0.25) is 0 Å². The molecule has 1 N–H and O–H groups in total. The fraction of sp³-hybridized carbons (Fsp3) is 0.368. The van der Waals surface area contributed by atoms with Crippen LogP contribution in [0, 0.1) is 0 Å². The fourth-order valence-electron chi connectivity index (χ4n) is 2.10. The normalized spacial score (nSPS) is 10.4. The van der Waals surface area contributed by atoms with Crippen molar-refractivity contribution in [2.75, 3.05) is 25.6 Å². The lowest BCUT2D eigenvalue weighted by molar-refractivity contribution is -0.149. The molecule has 2 rings (SSSR count). The van der Waals surface area contributed by atoms with Gasteiger partial charge in [0.25, 0.3) is 5.91 Å². The van der Waals surface area contributed by atoms with Crippen molar-refractivity contribution in [3.63, 3.8) is 0 Å². The van der Waals surface area contributed by atoms with Crippen molar-refractivity contribution >= 4 is 34.3 Å². The average Bonchev–Trinajstić information content (AvgIpc) is 3.11. The first-order valence-corrected chi connectivity index (χ1v) is 9.44. The highest BCUT2D eigenvalue weighted by Crippen LogP contribution is 2.18. The number of hydrogen-bond donors (Lipinski definition) is 1. The van der Waals surface area contributed by atoms with Crippen LogP contribution in [0.25, 0.3) is 0 Å². The second-order valence-corrected chi connectivity index (χ2v) is 6.98. The lowest BCUT2D eigenvalue weighted by atomic mass is 10.0. The summed E-state index contributed by atoms with van der Waals surface area (Å²) in [5, 5.41) is 4.44. The molecule has 0 unspecified atom stereocenters. The van der Waals surface area contributed by atoms with Gasteiger partial charge >= 0.3 is 11.9 Å². The van der Waals surface area contributed by atoms with Crippen molar-refractivity contribution < 1.29 is 28.6 Å². The van der Waals surface area contributed by atoms with Gasteiger partial charge in [-0.2, -0.15) is 0 Å². The summed E-state index contributed by atoms with van der Waals surface area (Å²) in [6, 6.07) is 7.43. The van der Waals surface area contributed by atoms with Gasteiger partial charge in [0.05, 0.1) is 19.2 Å². The van der Waals surface area contributed by atoms with Gasteiger partial charge in [-0.05, 0) is 23.6 Å². The van der Waals surface area contributed by atoms with Gasteiger partial charge in [-0.1, -0.05) is 26.0 Å². The first-order valence-electron chi connectivity index (χ1n) is 8.57. The molecule has 1 aromatic heterocycles. The molecule has 28 heavy (non-hydrogen) atoms. The number of amides is 1. The van der Waals surface area contributed by atoms with E-state index in [1.807, 2.05) is 12.1 Å². The summed E-state index contributed by atoms with van der Waals surface area (Å²) >= 11 is 1.16. The average molecular weight is 406 g/mol. The van der Waals surface area contributed by atoms with Crippen LogP contribution in [0.3, 0.4) is 0 Å². The summed E-state index contributed by atoms with van der Waals surface area (Å²) in [6.45, 7) is 3.42. The Morgan fingerprint density at radius 2 is 1.82 bits per heavy atom. The molecule has 0 aliphatic heterocycles. The third-order valence-electron chi connectivity index (χ3n) is 3.62. The van der Waals surface area contributed by atoms with E-state index in [0.717, 1.165) is 11.3 Å². The van der Waals surface area contributed by atoms with E-state index in [2.05, 4.69) is 28.9 Å². The number of hydrogen-bond acceptors (Lipinski definition) is 8. The van der Waals surface area contributed by atoms with E-state index in [1.165, 1.54) is 12.7 Å². The SMILES string of the molecule is COC(=O)Cc1csc(NC(=O)COC(=O)COc2ccc(C(C)C)cc2)n1. The Kier molecular flexibility index (Phi) is 7.94. The smallest absolute Gasteiger partial charge is 0.344 e. The Bertz CT molecular complexity index is 816. The Morgan fingerprint density at radius 3 is 2.46 bits per heavy atom. The molecule has 0 aliphatic carbocycles. The molecule has 150 valence electrons. The zero-order chi connectivity index (χ0) is 20.5. The highest BCUT2D eigenvalue weighted by atomic mass is 32.1. The van der Waals surface area contributed by atoms with Crippen LogP contribution >= 0.6 is 11.3 Å². The second kappa shape index (κ2) is 10.4. The quantitative estimate of drug-likeness (QED) is 0.638. The number of methoxy groups -OCH3 is 1. The summed E-state index contributed by atoms with van der Waals surface area (Å²) in [5.74, 6) is -0.656. The number of carbonyl (C=O) groups is 3. The number of carbonyl (C=O) groups excluding carboxylic acids is 3. The van der Waals surface area contributed by atoms with Gasteiger partial charge in [0, 0.05) is 5.38 Å². The minimum atomic E-state index is -0.659. The first-order chi connectivity index (χ1) is 13.4. The van der Waals surface area contributed by atoms with Crippen molar-refractivity contribution in [1.82, 2.24) is 4.98 Å². The van der Waals surface area contributed by atoms with E-state index in [9.17, 15) is 14.4 Å². The lowest BCUT2D eigenvalue weighted by Crippen LogP contribution is -2.23. The summed E-state index contributed by atoms with van der Waals surface area (Å²) < 4.78 is 14.8. The topological polar surface area (TPSA) is 104 Å². The number of nitrogens with one attached hydrogen (secondary N) is 1. The molecular formula is C19H22N2O6S. The van der Waals surface area contributed by atoms with Crippen LogP contribution in [0.4, 0.5) is 5.13 Å². The molecule has 0 saturated carbocycles. The van der Waals surface area contributed by atoms with E-state index >= 15 is 0 Å². The predicted octanol–water partition coefficient (Wildman–Crippen LogP) is 2.54. The van der Waals surface area contributed by atoms with E-state index in [-0.39, 0.29) is 13.0 Å². The van der Waals surface area contributed by atoms with Crippen molar-refractivity contribution in [3.05, 3.63) is 40.9 Å². The first kappa shape index (κ1) is 21.4. The molecule has 1 heterocycles. The lowest BCUT2D eigenvalue weighted by Gasteiger charge is -2.09. The number of rotatable bonds is 9. The maximum atomic E-state index is 11.8. The third-order valence-corrected chi connectivity index (χ3v) is 4.43. The molecule has 2 aromatic rings. The number of thiazole rings is 1. The van der Waals surface area contributed by atoms with Crippen LogP contribution < -0.4 is 10.1 Å². The zero-order valence-electron chi connectivity index (χ0n) is 15.9. The molecule has 0 spiro atoms. The van der Waals surface area contributed by atoms with Crippen molar-refractivity contribution in [2.24, 2.45) is 0 Å². The number of aromatic nitrogens is 1. The molecular weight excluding hydrogens is 384 g/mol. The largest absolute Gasteiger partial charge is 0.482 e. The Balaban J connectivity index is 1.70. The Labute approximate surface area is 166 Å². The second-order valence-electron chi connectivity index (χ2n) is 6.12. The summed E-state index contributed by atoms with van der Waals surface area (Å²) in [6.07, 6.45) is 0.0212. The molecule has 8 nitrogen and oxygen atoms in total. The molecule has 0 saturated heterocycles. The van der Waals surface area contributed by atoms with Gasteiger partial charge in [-0.3, -0.25) is 14.9 Å². The van der Waals surface area contributed by atoms with Crippen LogP contribution in [0.5, 0.6) is 5.75 Å². The van der Waals surface area contributed by atoms with Crippen LogP contribution in [0.2, 0.25) is 0 Å². The molecule has 1 aromatic carbocycles. The molecule has 0 aliphatic rings. The van der Waals surface area contributed by atoms with Gasteiger partial charge in [-0.25, -0.2) is 9.78 Å². The molecule has 9 heteroatoms. The van der Waals surface area contributed by atoms with Crippen LogP contribution in [0.1, 0.15) is 31.0 Å². The van der Waals surface area contributed by atoms with E-state index < -0.39 is 24.5 Å². The van der Waals surface area contributed by atoms with Crippen molar-refractivity contribution in [1.29, 1.82) is 0 Å². The summed E-state index contributed by atoms with van der Waals surface area (Å²) in [7, 11) is 1.29. The minimum absolute atomic E-state index is 0.0212. The summed E-state index contributed by atoms with van der Waals surface area (Å²) in [5.41, 5.74) is 1.66. The Hall–Kier alpha value is -2.94. The predicted molar refractivity (Wildman–Crippen MR) is 103 cm³/mol. The number of ether oxygens (including phenoxy) is 3. The molecule has 0 bridgehead atoms. The Morgan fingerprint density at radius 1 is 1.11 bits per heavy atom. The van der Waals surface area contributed by atoms with Gasteiger partial charge in [-0.15, -0.1) is 11.3 Å². The molecule has 0 atom stereocenters. The number of nitrogens with zero attached hydrogens (tertiary/aromatic N) is 1. The van der Waals surface area contributed by atoms with E-state index in [1.54, 1.807) is 17.5 Å². The maximum Gasteiger partial charge on any atom is 0.344 e. The van der Waals surface area contributed by atoms with Crippen LogP contribution in [0.15, 0.2) is 29.6 Å². The zero-order valence-corrected chi connectivity index (χ0v) is 16.7. The van der Waals surface area contributed by atoms with Gasteiger partial charge in [0.15, 0.2) is 18.3 Å². The highest BCUT2D eigenvalue weighted by molar-refractivity contribution is 7.13. The highest BCUT2D eigenvalue weighted by Gasteiger charge is 2.12. The fourth-order valence-corrected chi connectivity index (χ4v) is 2.83. The molecule has 0 radical (unpaired) electrons. The van der Waals surface area contributed by atoms with Crippen molar-refractivity contribution in [2.45, 2.75) is 26.2 Å². The number of benzene rings is 1. The number of anilines is 1. The van der Waals surface area contributed by atoms with Gasteiger partial charge in [0.1, 0.15) is 5.75 Å². The van der Waals surface area contributed by atoms with E-state index in [0.29, 0.717) is 22.5 Å². The van der Waals surface area contributed by atoms with Crippen LogP contribution in [-0.2, 0) is 30.3 Å². The summed E-state index contributed by atoms with van der Waals surface area (Å²) in [4.78, 5) is 38.8. The standard InChI is InChI=1S/C19H22N2O6S/c1-12(2)13-4-6-15(7-5-13)26-10-18(24)27-9-16(22)21-19-20-14(11-28-19)8-17(23)25-3/h4-7,11-12H,8-10H2,1-3H3,(H,20,21,22). The van der Waals surface area contributed by atoms with Crippen LogP contribution in [-0.4, -0.2) is 43.2 Å². The van der Waals surface area contributed by atoms with E-state index in [4.69, 9.17) is 9.47 Å². The van der Waals surface area contributed by atoms with Crippen molar-refractivity contribution in [3.8, 4) is 5.75 Å². The van der Waals surface area contributed by atoms with Gasteiger partial charge < -0.3 is 14.2 Å². The molecule has 1 amide bonds.